The van der Waals surface area contributed by atoms with Gasteiger partial charge in [0.2, 0.25) is 0 Å². The van der Waals surface area contributed by atoms with Crippen molar-refractivity contribution in [3.63, 3.8) is 0 Å². The molecule has 112 valence electrons. The molecule has 0 fully saturated rings. The summed E-state index contributed by atoms with van der Waals surface area (Å²) < 4.78 is 16.2. The maximum absolute atomic E-state index is 5.77. The van der Waals surface area contributed by atoms with Crippen LogP contribution in [0.4, 0.5) is 0 Å². The molecule has 0 aliphatic rings. The van der Waals surface area contributed by atoms with Crippen molar-refractivity contribution < 1.29 is 14.2 Å². The van der Waals surface area contributed by atoms with Gasteiger partial charge < -0.3 is 14.2 Å². The highest BCUT2D eigenvalue weighted by molar-refractivity contribution is 5.52. The van der Waals surface area contributed by atoms with Gasteiger partial charge in [-0.3, -0.25) is 5.84 Å². The molecule has 0 spiro atoms. The normalized spacial score (nSPS) is 11.8. The third-order valence-corrected chi connectivity index (χ3v) is 3.36. The molecule has 0 radical (unpaired) electrons. The minimum absolute atomic E-state index is 0.272. The molecule has 0 aliphatic heterocycles. The summed E-state index contributed by atoms with van der Waals surface area (Å²) in [4.78, 5) is 0. The molecule has 0 aromatic heterocycles. The topological polar surface area (TPSA) is 65.7 Å². The van der Waals surface area contributed by atoms with E-state index in [1.54, 1.807) is 21.3 Å². The number of benzene rings is 2. The number of hydrogen-bond acceptors (Lipinski definition) is 5. The van der Waals surface area contributed by atoms with Crippen molar-refractivity contribution in [2.45, 2.75) is 6.04 Å². The Kier molecular flexibility index (Phi) is 5.03. The molecule has 0 saturated heterocycles. The van der Waals surface area contributed by atoms with Crippen LogP contribution in [0.2, 0.25) is 0 Å². The van der Waals surface area contributed by atoms with Gasteiger partial charge in [-0.2, -0.15) is 0 Å². The third-order valence-electron chi connectivity index (χ3n) is 3.36. The lowest BCUT2D eigenvalue weighted by Crippen LogP contribution is -2.29. The number of nitrogens with two attached hydrogens (primary N) is 1. The van der Waals surface area contributed by atoms with Crippen molar-refractivity contribution in [1.29, 1.82) is 0 Å². The van der Waals surface area contributed by atoms with Gasteiger partial charge in [0, 0.05) is 11.1 Å². The van der Waals surface area contributed by atoms with E-state index in [-0.39, 0.29) is 6.04 Å². The third kappa shape index (κ3) is 2.94. The van der Waals surface area contributed by atoms with E-state index >= 15 is 0 Å². The number of para-hydroxylation sites is 2. The SMILES string of the molecule is COc1ccccc1C(NN)c1cccc(OC)c1OC. The van der Waals surface area contributed by atoms with E-state index in [1.807, 2.05) is 42.5 Å². The Morgan fingerprint density at radius 3 is 2.05 bits per heavy atom. The lowest BCUT2D eigenvalue weighted by atomic mass is 9.97. The van der Waals surface area contributed by atoms with E-state index in [1.165, 1.54) is 0 Å². The minimum atomic E-state index is -0.272. The highest BCUT2D eigenvalue weighted by atomic mass is 16.5. The van der Waals surface area contributed by atoms with Crippen LogP contribution in [0.15, 0.2) is 42.5 Å². The Hall–Kier alpha value is -2.24. The van der Waals surface area contributed by atoms with Crippen LogP contribution in [0.5, 0.6) is 17.2 Å². The van der Waals surface area contributed by atoms with Crippen molar-refractivity contribution in [1.82, 2.24) is 5.43 Å². The van der Waals surface area contributed by atoms with Crippen molar-refractivity contribution in [3.05, 3.63) is 53.6 Å². The average Bonchev–Trinajstić information content (AvgIpc) is 2.55. The fraction of sp³-hybridized carbons (Fsp3) is 0.250. The average molecular weight is 288 g/mol. The van der Waals surface area contributed by atoms with Crippen molar-refractivity contribution in [2.75, 3.05) is 21.3 Å². The molecule has 1 unspecified atom stereocenters. The molecule has 0 saturated carbocycles. The monoisotopic (exact) mass is 288 g/mol. The molecule has 2 rings (SSSR count). The van der Waals surface area contributed by atoms with E-state index in [0.29, 0.717) is 11.5 Å². The second kappa shape index (κ2) is 6.97. The first-order chi connectivity index (χ1) is 10.3. The highest BCUT2D eigenvalue weighted by Gasteiger charge is 2.22. The van der Waals surface area contributed by atoms with Crippen molar-refractivity contribution >= 4 is 0 Å². The van der Waals surface area contributed by atoms with E-state index in [9.17, 15) is 0 Å². The molecule has 5 heteroatoms. The Bertz CT molecular complexity index is 602. The van der Waals surface area contributed by atoms with Crippen LogP contribution >= 0.6 is 0 Å². The Morgan fingerprint density at radius 1 is 0.810 bits per heavy atom. The number of rotatable bonds is 6. The van der Waals surface area contributed by atoms with Gasteiger partial charge >= 0.3 is 0 Å². The fourth-order valence-corrected chi connectivity index (χ4v) is 2.39. The number of hydrogen-bond donors (Lipinski definition) is 2. The van der Waals surface area contributed by atoms with Gasteiger partial charge in [0.1, 0.15) is 5.75 Å². The molecule has 2 aromatic rings. The zero-order chi connectivity index (χ0) is 15.2. The largest absolute Gasteiger partial charge is 0.496 e. The van der Waals surface area contributed by atoms with Gasteiger partial charge in [-0.25, -0.2) is 5.43 Å². The standard InChI is InChI=1S/C16H20N2O3/c1-19-13-9-5-4-7-11(13)15(18-17)12-8-6-10-14(20-2)16(12)21-3/h4-10,15,18H,17H2,1-3H3. The molecular weight excluding hydrogens is 268 g/mol. The number of methoxy groups -OCH3 is 3. The van der Waals surface area contributed by atoms with Gasteiger partial charge in [-0.1, -0.05) is 30.3 Å². The summed E-state index contributed by atoms with van der Waals surface area (Å²) >= 11 is 0. The van der Waals surface area contributed by atoms with Crippen molar-refractivity contribution in [2.24, 2.45) is 5.84 Å². The second-order valence-corrected chi connectivity index (χ2v) is 4.42. The molecule has 0 amide bonds. The molecule has 3 N–H and O–H groups in total. The van der Waals surface area contributed by atoms with Gasteiger partial charge in [0.15, 0.2) is 11.5 Å². The number of ether oxygens (including phenoxy) is 3. The van der Waals surface area contributed by atoms with Crippen LogP contribution in [0.1, 0.15) is 17.2 Å². The quantitative estimate of drug-likeness (QED) is 0.630. The highest BCUT2D eigenvalue weighted by Crippen LogP contribution is 2.39. The van der Waals surface area contributed by atoms with Crippen LogP contribution in [0.25, 0.3) is 0 Å². The fourth-order valence-electron chi connectivity index (χ4n) is 2.39. The maximum Gasteiger partial charge on any atom is 0.165 e. The lowest BCUT2D eigenvalue weighted by Gasteiger charge is -2.22. The van der Waals surface area contributed by atoms with Crippen LogP contribution in [0, 0.1) is 0 Å². The van der Waals surface area contributed by atoms with E-state index in [4.69, 9.17) is 20.1 Å². The van der Waals surface area contributed by atoms with E-state index in [0.717, 1.165) is 16.9 Å². The van der Waals surface area contributed by atoms with E-state index < -0.39 is 0 Å². The Morgan fingerprint density at radius 2 is 1.43 bits per heavy atom. The number of hydrazine groups is 1. The smallest absolute Gasteiger partial charge is 0.165 e. The Labute approximate surface area is 124 Å². The maximum atomic E-state index is 5.77. The molecule has 21 heavy (non-hydrogen) atoms. The first kappa shape index (κ1) is 15.2. The summed E-state index contributed by atoms with van der Waals surface area (Å²) in [6.07, 6.45) is 0. The van der Waals surface area contributed by atoms with Crippen molar-refractivity contribution in [3.8, 4) is 17.2 Å². The summed E-state index contributed by atoms with van der Waals surface area (Å²) in [7, 11) is 4.85. The molecular formula is C16H20N2O3. The first-order valence-corrected chi connectivity index (χ1v) is 6.56. The molecule has 2 aromatic carbocycles. The minimum Gasteiger partial charge on any atom is -0.496 e. The molecule has 0 bridgehead atoms. The van der Waals surface area contributed by atoms with Crippen LogP contribution in [0.3, 0.4) is 0 Å². The summed E-state index contributed by atoms with van der Waals surface area (Å²) in [5, 5.41) is 0. The zero-order valence-corrected chi connectivity index (χ0v) is 12.4. The molecule has 1 atom stereocenters. The van der Waals surface area contributed by atoms with Crippen LogP contribution in [-0.4, -0.2) is 21.3 Å². The van der Waals surface area contributed by atoms with Gasteiger partial charge in [-0.15, -0.1) is 0 Å². The lowest BCUT2D eigenvalue weighted by molar-refractivity contribution is 0.348. The first-order valence-electron chi connectivity index (χ1n) is 6.56. The molecule has 5 nitrogen and oxygen atoms in total. The summed E-state index contributed by atoms with van der Waals surface area (Å²) in [5.41, 5.74) is 4.62. The van der Waals surface area contributed by atoms with Gasteiger partial charge in [-0.05, 0) is 12.1 Å². The summed E-state index contributed by atoms with van der Waals surface area (Å²) in [6.45, 7) is 0. The second-order valence-electron chi connectivity index (χ2n) is 4.42. The predicted octanol–water partition coefficient (Wildman–Crippen LogP) is 2.27. The van der Waals surface area contributed by atoms with Gasteiger partial charge in [0.25, 0.3) is 0 Å². The van der Waals surface area contributed by atoms with E-state index in [2.05, 4.69) is 5.43 Å². The Balaban J connectivity index is 2.56. The number of nitrogens with one attached hydrogen (secondary N) is 1. The molecule has 0 heterocycles. The van der Waals surface area contributed by atoms with Crippen LogP contribution < -0.4 is 25.5 Å². The predicted molar refractivity (Wildman–Crippen MR) is 81.7 cm³/mol. The molecule has 0 aliphatic carbocycles. The zero-order valence-electron chi connectivity index (χ0n) is 12.4. The summed E-state index contributed by atoms with van der Waals surface area (Å²) in [5.74, 6) is 7.83. The van der Waals surface area contributed by atoms with Gasteiger partial charge in [0.05, 0.1) is 27.4 Å². The summed E-state index contributed by atoms with van der Waals surface area (Å²) in [6, 6.07) is 13.1. The van der Waals surface area contributed by atoms with Crippen LogP contribution in [-0.2, 0) is 0 Å².